The third kappa shape index (κ3) is 60.1. The van der Waals surface area contributed by atoms with E-state index >= 15 is 0 Å². The van der Waals surface area contributed by atoms with Crippen molar-refractivity contribution in [3.8, 4) is 0 Å². The molecule has 0 saturated carbocycles. The molecule has 0 bridgehead atoms. The summed E-state index contributed by atoms with van der Waals surface area (Å²) in [4.78, 5) is 0. The van der Waals surface area contributed by atoms with E-state index in [2.05, 4.69) is 0 Å². The average molecular weight is 270 g/mol. The van der Waals surface area contributed by atoms with Gasteiger partial charge in [0.2, 0.25) is 0 Å². The van der Waals surface area contributed by atoms with Gasteiger partial charge in [0.15, 0.2) is 0 Å². The molecular weight excluding hydrogens is 268 g/mol. The Morgan fingerprint density at radius 2 is 1.33 bits per heavy atom. The first-order valence-electron chi connectivity index (χ1n) is 0.548. The van der Waals surface area contributed by atoms with Crippen molar-refractivity contribution >= 4 is 0 Å². The zero-order valence-electron chi connectivity index (χ0n) is 3.17. The fraction of sp³-hybridized carbons (Fsp3) is 0. The van der Waals surface area contributed by atoms with Crippen LogP contribution in [0.25, 0.3) is 0 Å². The molecule has 0 saturated heterocycles. The number of hydrogen-bond acceptors (Lipinski definition) is 3. The minimum atomic E-state index is -4.34. The third-order valence-electron chi connectivity index (χ3n) is 0. The van der Waals surface area contributed by atoms with Gasteiger partial charge in [-0.15, -0.1) is 0 Å². The van der Waals surface area contributed by atoms with Gasteiger partial charge in [-0.05, 0) is 0 Å². The van der Waals surface area contributed by atoms with Gasteiger partial charge in [0.1, 0.15) is 0 Å². The van der Waals surface area contributed by atoms with Crippen molar-refractivity contribution in [1.29, 1.82) is 0 Å². The van der Waals surface area contributed by atoms with Crippen molar-refractivity contribution in [3.05, 3.63) is 0 Å². The number of rotatable bonds is 0. The predicted octanol–water partition coefficient (Wildman–Crippen LogP) is -5.25. The zero-order valence-corrected chi connectivity index (χ0v) is 8.39. The Bertz CT molecular complexity index is 55.9. The molecular formula is H2NaO4Ta. The predicted molar refractivity (Wildman–Crippen MR) is 4.99 cm³/mol. The van der Waals surface area contributed by atoms with Gasteiger partial charge in [0.25, 0.3) is 0 Å². The van der Waals surface area contributed by atoms with Crippen molar-refractivity contribution in [2.45, 2.75) is 0 Å². The second-order valence-corrected chi connectivity index (χ2v) is 1.83. The molecule has 6 heteroatoms. The van der Waals surface area contributed by atoms with Crippen LogP contribution in [-0.4, -0.2) is 5.48 Å². The van der Waals surface area contributed by atoms with Crippen LogP contribution in [0.5, 0.6) is 0 Å². The van der Waals surface area contributed by atoms with Gasteiger partial charge in [-0.3, -0.25) is 0 Å². The Balaban J connectivity index is -0.0000000450. The molecule has 4 nitrogen and oxygen atoms in total. The van der Waals surface area contributed by atoms with E-state index in [1.54, 1.807) is 0 Å². The van der Waals surface area contributed by atoms with Crippen LogP contribution in [0.15, 0.2) is 0 Å². The first kappa shape index (κ1) is 15.7. The van der Waals surface area contributed by atoms with Crippen LogP contribution in [0, 0.1) is 0 Å². The molecule has 6 heavy (non-hydrogen) atoms. The van der Waals surface area contributed by atoms with E-state index < -0.39 is 18.8 Å². The van der Waals surface area contributed by atoms with Crippen LogP contribution in [0.4, 0.5) is 0 Å². The van der Waals surface area contributed by atoms with E-state index in [0.29, 0.717) is 0 Å². The summed E-state index contributed by atoms with van der Waals surface area (Å²) in [6.45, 7) is 0. The molecule has 0 aromatic carbocycles. The Hall–Kier alpha value is 1.26. The van der Waals surface area contributed by atoms with E-state index in [1.807, 2.05) is 0 Å². The Kier molecular flexibility index (Phi) is 24.9. The van der Waals surface area contributed by atoms with Crippen LogP contribution in [0.3, 0.4) is 0 Å². The average Bonchev–Trinajstić information content (AvgIpc) is 0.811. The van der Waals surface area contributed by atoms with Gasteiger partial charge in [-0.25, -0.2) is 0 Å². The summed E-state index contributed by atoms with van der Waals surface area (Å²) in [6, 6.07) is 0. The van der Waals surface area contributed by atoms with Gasteiger partial charge in [0, 0.05) is 0 Å². The molecule has 0 aromatic heterocycles. The van der Waals surface area contributed by atoms with E-state index in [0.717, 1.165) is 0 Å². The second kappa shape index (κ2) is 9.54. The molecule has 32 valence electrons. The maximum atomic E-state index is 8.62. The zero-order chi connectivity index (χ0) is 3.58. The molecule has 0 atom stereocenters. The molecule has 0 aliphatic rings. The van der Waals surface area contributed by atoms with Gasteiger partial charge in [-0.1, -0.05) is 0 Å². The van der Waals surface area contributed by atoms with Crippen molar-refractivity contribution in [3.63, 3.8) is 0 Å². The fourth-order valence-corrected chi connectivity index (χ4v) is 0. The first-order chi connectivity index (χ1) is 1.73. The van der Waals surface area contributed by atoms with Crippen molar-refractivity contribution in [2.24, 2.45) is 0 Å². The molecule has 0 unspecified atom stereocenters. The van der Waals surface area contributed by atoms with E-state index in [9.17, 15) is 0 Å². The van der Waals surface area contributed by atoms with E-state index in [1.165, 1.54) is 0 Å². The van der Waals surface area contributed by atoms with Crippen molar-refractivity contribution in [1.82, 2.24) is 0 Å². The molecule has 0 rings (SSSR count). The summed E-state index contributed by atoms with van der Waals surface area (Å²) in [5.74, 6) is 0. The Morgan fingerprint density at radius 3 is 1.33 bits per heavy atom. The Morgan fingerprint density at radius 1 is 1.33 bits per heavy atom. The monoisotopic (exact) mass is 270 g/mol. The molecule has 0 heterocycles. The van der Waals surface area contributed by atoms with Crippen LogP contribution >= 0.6 is 0 Å². The van der Waals surface area contributed by atoms with E-state index in [-0.39, 0.29) is 35.0 Å². The topological polar surface area (TPSA) is 88.7 Å². The van der Waals surface area contributed by atoms with Crippen molar-refractivity contribution in [2.75, 3.05) is 0 Å². The molecule has 0 aromatic rings. The summed E-state index contributed by atoms with van der Waals surface area (Å²) in [7, 11) is 0. The van der Waals surface area contributed by atoms with Gasteiger partial charge in [-0.2, -0.15) is 0 Å². The van der Waals surface area contributed by atoms with Crippen LogP contribution in [0.2, 0.25) is 0 Å². The Labute approximate surface area is 63.4 Å². The summed E-state index contributed by atoms with van der Waals surface area (Å²) in [5.41, 5.74) is 0. The molecule has 2 N–H and O–H groups in total. The molecule has 0 aliphatic heterocycles. The van der Waals surface area contributed by atoms with Gasteiger partial charge < -0.3 is 5.48 Å². The van der Waals surface area contributed by atoms with Gasteiger partial charge >= 0.3 is 58.5 Å². The summed E-state index contributed by atoms with van der Waals surface area (Å²) in [5, 5.41) is 0. The summed E-state index contributed by atoms with van der Waals surface area (Å²) < 4.78 is 25.9. The number of hydrogen-bond donors (Lipinski definition) is 0. The molecule has 0 aliphatic carbocycles. The molecule has 0 radical (unpaired) electrons. The minimum absolute atomic E-state index is 0. The van der Waals surface area contributed by atoms with Crippen LogP contribution < -0.4 is 33.2 Å². The SMILES string of the molecule is O.[Na+].[O]=[Ta](=[O])[O-]. The van der Waals surface area contributed by atoms with Gasteiger partial charge in [0.05, 0.1) is 0 Å². The normalized spacial score (nSPS) is 4.17. The quantitative estimate of drug-likeness (QED) is 0.412. The van der Waals surface area contributed by atoms with E-state index in [4.69, 9.17) is 10.1 Å². The van der Waals surface area contributed by atoms with Crippen molar-refractivity contribution < 1.29 is 63.9 Å². The molecule has 0 spiro atoms. The second-order valence-electron chi connectivity index (χ2n) is 0.224. The van der Waals surface area contributed by atoms with Crippen LogP contribution in [-0.2, 0) is 25.3 Å². The standard InChI is InChI=1S/Na.H2O.3O.Ta/h;1H2;;;;/q+1;;;;-1;. The first-order valence-corrected chi connectivity index (χ1v) is 4.48. The summed E-state index contributed by atoms with van der Waals surface area (Å²) >= 11 is -4.34. The maximum absolute atomic E-state index is 8.62. The molecule has 0 fully saturated rings. The summed E-state index contributed by atoms with van der Waals surface area (Å²) in [6.07, 6.45) is 0. The fourth-order valence-electron chi connectivity index (χ4n) is 0. The van der Waals surface area contributed by atoms with Crippen LogP contribution in [0.1, 0.15) is 0 Å². The molecule has 0 amide bonds. The third-order valence-corrected chi connectivity index (χ3v) is 0.